The smallest absolute Gasteiger partial charge is 0.157 e. The highest BCUT2D eigenvalue weighted by Crippen LogP contribution is 2.19. The SMILES string of the molecule is CCOCc1nc(NC)cc(-c2ccncc2)n1. The van der Waals surface area contributed by atoms with E-state index in [9.17, 15) is 0 Å². The van der Waals surface area contributed by atoms with Gasteiger partial charge in [0.1, 0.15) is 12.4 Å². The molecule has 0 bridgehead atoms. The van der Waals surface area contributed by atoms with Crippen molar-refractivity contribution in [3.63, 3.8) is 0 Å². The van der Waals surface area contributed by atoms with Crippen LogP contribution in [0.5, 0.6) is 0 Å². The molecule has 18 heavy (non-hydrogen) atoms. The van der Waals surface area contributed by atoms with Crippen LogP contribution in [-0.2, 0) is 11.3 Å². The van der Waals surface area contributed by atoms with E-state index >= 15 is 0 Å². The van der Waals surface area contributed by atoms with E-state index in [1.54, 1.807) is 12.4 Å². The minimum atomic E-state index is 0.421. The Morgan fingerprint density at radius 1 is 1.22 bits per heavy atom. The van der Waals surface area contributed by atoms with Crippen molar-refractivity contribution in [3.8, 4) is 11.3 Å². The van der Waals surface area contributed by atoms with Crippen LogP contribution in [0, 0.1) is 0 Å². The number of hydrogen-bond donors (Lipinski definition) is 1. The van der Waals surface area contributed by atoms with Gasteiger partial charge in [0.05, 0.1) is 5.69 Å². The first kappa shape index (κ1) is 12.4. The van der Waals surface area contributed by atoms with Gasteiger partial charge in [0.15, 0.2) is 5.82 Å². The van der Waals surface area contributed by atoms with Crippen LogP contribution in [0.4, 0.5) is 5.82 Å². The molecule has 0 atom stereocenters. The van der Waals surface area contributed by atoms with E-state index in [0.717, 1.165) is 17.1 Å². The van der Waals surface area contributed by atoms with Crippen LogP contribution in [0.1, 0.15) is 12.7 Å². The summed E-state index contributed by atoms with van der Waals surface area (Å²) in [4.78, 5) is 12.8. The minimum Gasteiger partial charge on any atom is -0.374 e. The number of anilines is 1. The van der Waals surface area contributed by atoms with Crippen molar-refractivity contribution >= 4 is 5.82 Å². The van der Waals surface area contributed by atoms with Gasteiger partial charge in [0.2, 0.25) is 0 Å². The summed E-state index contributed by atoms with van der Waals surface area (Å²) in [5, 5.41) is 3.03. The molecule has 1 N–H and O–H groups in total. The molecule has 0 aromatic carbocycles. The molecule has 2 rings (SSSR count). The van der Waals surface area contributed by atoms with Crippen molar-refractivity contribution in [2.45, 2.75) is 13.5 Å². The van der Waals surface area contributed by atoms with Crippen LogP contribution in [0.15, 0.2) is 30.6 Å². The first-order valence-electron chi connectivity index (χ1n) is 5.87. The fraction of sp³-hybridized carbons (Fsp3) is 0.308. The molecule has 0 aliphatic heterocycles. The number of aromatic nitrogens is 3. The monoisotopic (exact) mass is 244 g/mol. The van der Waals surface area contributed by atoms with Crippen LogP contribution in [-0.4, -0.2) is 28.6 Å². The van der Waals surface area contributed by atoms with Gasteiger partial charge in [-0.2, -0.15) is 0 Å². The molecular formula is C13H16N4O. The Kier molecular flexibility index (Phi) is 4.20. The zero-order valence-corrected chi connectivity index (χ0v) is 10.6. The molecule has 5 heteroatoms. The molecule has 0 aliphatic rings. The van der Waals surface area contributed by atoms with Gasteiger partial charge >= 0.3 is 0 Å². The van der Waals surface area contributed by atoms with Gasteiger partial charge in [-0.05, 0) is 19.1 Å². The standard InChI is InChI=1S/C13H16N4O/c1-3-18-9-13-16-11(8-12(14-2)17-13)10-4-6-15-7-5-10/h4-8H,3,9H2,1-2H3,(H,14,16,17). The average molecular weight is 244 g/mol. The Hall–Kier alpha value is -2.01. The van der Waals surface area contributed by atoms with Crippen molar-refractivity contribution in [1.29, 1.82) is 0 Å². The summed E-state index contributed by atoms with van der Waals surface area (Å²) >= 11 is 0. The lowest BCUT2D eigenvalue weighted by Crippen LogP contribution is -2.03. The van der Waals surface area contributed by atoms with E-state index in [0.29, 0.717) is 19.0 Å². The number of nitrogens with zero attached hydrogens (tertiary/aromatic N) is 3. The van der Waals surface area contributed by atoms with Crippen LogP contribution >= 0.6 is 0 Å². The van der Waals surface area contributed by atoms with Crippen LogP contribution in [0.2, 0.25) is 0 Å². The van der Waals surface area contributed by atoms with Gasteiger partial charge in [-0.3, -0.25) is 4.98 Å². The topological polar surface area (TPSA) is 59.9 Å². The Morgan fingerprint density at radius 3 is 2.67 bits per heavy atom. The highest BCUT2D eigenvalue weighted by molar-refractivity contribution is 5.61. The lowest BCUT2D eigenvalue weighted by molar-refractivity contribution is 0.128. The van der Waals surface area contributed by atoms with E-state index in [-0.39, 0.29) is 0 Å². The summed E-state index contributed by atoms with van der Waals surface area (Å²) in [6.45, 7) is 3.02. The maximum atomic E-state index is 5.34. The van der Waals surface area contributed by atoms with Crippen molar-refractivity contribution in [3.05, 3.63) is 36.4 Å². The number of rotatable bonds is 5. The largest absolute Gasteiger partial charge is 0.374 e. The maximum Gasteiger partial charge on any atom is 0.157 e. The molecule has 0 aliphatic carbocycles. The van der Waals surface area contributed by atoms with Gasteiger partial charge in [-0.25, -0.2) is 9.97 Å². The first-order valence-corrected chi connectivity index (χ1v) is 5.87. The third kappa shape index (κ3) is 3.01. The molecule has 0 unspecified atom stereocenters. The van der Waals surface area contributed by atoms with E-state index in [1.807, 2.05) is 32.2 Å². The van der Waals surface area contributed by atoms with Gasteiger partial charge < -0.3 is 10.1 Å². The quantitative estimate of drug-likeness (QED) is 0.873. The highest BCUT2D eigenvalue weighted by atomic mass is 16.5. The average Bonchev–Trinajstić information content (AvgIpc) is 2.45. The summed E-state index contributed by atoms with van der Waals surface area (Å²) in [7, 11) is 1.84. The second kappa shape index (κ2) is 6.07. The molecule has 2 aromatic rings. The Balaban J connectivity index is 2.35. The normalized spacial score (nSPS) is 10.3. The molecule has 0 radical (unpaired) electrons. The first-order chi connectivity index (χ1) is 8.83. The number of hydrogen-bond acceptors (Lipinski definition) is 5. The van der Waals surface area contributed by atoms with E-state index < -0.39 is 0 Å². The maximum absolute atomic E-state index is 5.34. The molecule has 5 nitrogen and oxygen atoms in total. The predicted octanol–water partition coefficient (Wildman–Crippen LogP) is 2.12. The second-order valence-corrected chi connectivity index (χ2v) is 3.68. The summed E-state index contributed by atoms with van der Waals surface area (Å²) in [6.07, 6.45) is 3.50. The zero-order chi connectivity index (χ0) is 12.8. The Bertz CT molecular complexity index is 502. The highest BCUT2D eigenvalue weighted by Gasteiger charge is 2.05. The fourth-order valence-corrected chi connectivity index (χ4v) is 1.55. The Morgan fingerprint density at radius 2 is 2.00 bits per heavy atom. The van der Waals surface area contributed by atoms with Gasteiger partial charge in [0.25, 0.3) is 0 Å². The summed E-state index contributed by atoms with van der Waals surface area (Å²) < 4.78 is 5.34. The number of nitrogens with one attached hydrogen (secondary N) is 1. The van der Waals surface area contributed by atoms with Gasteiger partial charge in [-0.1, -0.05) is 0 Å². The van der Waals surface area contributed by atoms with Crippen molar-refractivity contribution in [1.82, 2.24) is 15.0 Å². The lowest BCUT2D eigenvalue weighted by atomic mass is 10.2. The molecule has 0 amide bonds. The van der Waals surface area contributed by atoms with Crippen molar-refractivity contribution < 1.29 is 4.74 Å². The van der Waals surface area contributed by atoms with Crippen LogP contribution in [0.25, 0.3) is 11.3 Å². The third-order valence-electron chi connectivity index (χ3n) is 2.44. The lowest BCUT2D eigenvalue weighted by Gasteiger charge is -2.07. The second-order valence-electron chi connectivity index (χ2n) is 3.68. The minimum absolute atomic E-state index is 0.421. The van der Waals surface area contributed by atoms with E-state index in [1.165, 1.54) is 0 Å². The summed E-state index contributed by atoms with van der Waals surface area (Å²) in [5.74, 6) is 1.46. The molecule has 0 spiro atoms. The summed E-state index contributed by atoms with van der Waals surface area (Å²) in [6, 6.07) is 5.75. The fourth-order valence-electron chi connectivity index (χ4n) is 1.55. The molecule has 2 aromatic heterocycles. The van der Waals surface area contributed by atoms with Crippen LogP contribution in [0.3, 0.4) is 0 Å². The Labute approximate surface area is 106 Å². The van der Waals surface area contributed by atoms with Crippen molar-refractivity contribution in [2.75, 3.05) is 19.0 Å². The molecule has 0 fully saturated rings. The summed E-state index contributed by atoms with van der Waals surface area (Å²) in [5.41, 5.74) is 1.88. The third-order valence-corrected chi connectivity index (χ3v) is 2.44. The molecule has 94 valence electrons. The molecule has 0 saturated carbocycles. The van der Waals surface area contributed by atoms with Crippen molar-refractivity contribution in [2.24, 2.45) is 0 Å². The number of ether oxygens (including phenoxy) is 1. The van der Waals surface area contributed by atoms with E-state index in [2.05, 4.69) is 20.3 Å². The molecule has 0 saturated heterocycles. The van der Waals surface area contributed by atoms with Gasteiger partial charge in [0, 0.05) is 37.7 Å². The zero-order valence-electron chi connectivity index (χ0n) is 10.6. The number of pyridine rings is 1. The molecule has 2 heterocycles. The van der Waals surface area contributed by atoms with Crippen LogP contribution < -0.4 is 5.32 Å². The van der Waals surface area contributed by atoms with E-state index in [4.69, 9.17) is 4.74 Å². The van der Waals surface area contributed by atoms with Gasteiger partial charge in [-0.15, -0.1) is 0 Å². The molecular weight excluding hydrogens is 228 g/mol. The predicted molar refractivity (Wildman–Crippen MR) is 70.1 cm³/mol.